The standard InChI is InChI=1S/C23H23ClFNO5/c1-4-29-21(23(27)28-3)11-15-9-10-16(12-18(15)24)30-13-20-14(2)31-22(26-20)17-7-5-6-8-19(17)25/h5-10,12,21H,4,11,13H2,1-3H3/t21-/m0/s1. The minimum Gasteiger partial charge on any atom is -0.487 e. The number of aryl methyl sites for hydroxylation is 1. The molecule has 0 amide bonds. The number of nitrogens with zero attached hydrogens (tertiary/aromatic N) is 1. The Kier molecular flexibility index (Phi) is 7.65. The Morgan fingerprint density at radius 1 is 1.26 bits per heavy atom. The highest BCUT2D eigenvalue weighted by Crippen LogP contribution is 2.27. The number of carbonyl (C=O) groups is 1. The van der Waals surface area contributed by atoms with Gasteiger partial charge in [-0.15, -0.1) is 0 Å². The van der Waals surface area contributed by atoms with Crippen LogP contribution in [-0.4, -0.2) is 30.8 Å². The second-order valence-corrected chi connectivity index (χ2v) is 7.12. The predicted octanol–water partition coefficient (Wildman–Crippen LogP) is 5.14. The van der Waals surface area contributed by atoms with E-state index >= 15 is 0 Å². The van der Waals surface area contributed by atoms with Gasteiger partial charge in [0.05, 0.1) is 12.7 Å². The van der Waals surface area contributed by atoms with E-state index in [0.29, 0.717) is 34.4 Å². The maximum absolute atomic E-state index is 14.0. The second kappa shape index (κ2) is 10.4. The molecule has 0 radical (unpaired) electrons. The van der Waals surface area contributed by atoms with E-state index < -0.39 is 17.9 Å². The quantitative estimate of drug-likeness (QED) is 0.423. The van der Waals surface area contributed by atoms with Crippen molar-refractivity contribution in [2.75, 3.05) is 13.7 Å². The van der Waals surface area contributed by atoms with Gasteiger partial charge in [0.2, 0.25) is 5.89 Å². The summed E-state index contributed by atoms with van der Waals surface area (Å²) >= 11 is 6.37. The summed E-state index contributed by atoms with van der Waals surface area (Å²) < 4.78 is 35.6. The van der Waals surface area contributed by atoms with Crippen LogP contribution in [0.25, 0.3) is 11.5 Å². The first-order valence-corrected chi connectivity index (χ1v) is 10.1. The van der Waals surface area contributed by atoms with Crippen LogP contribution in [0, 0.1) is 12.7 Å². The second-order valence-electron chi connectivity index (χ2n) is 6.71. The van der Waals surface area contributed by atoms with Crippen molar-refractivity contribution in [2.24, 2.45) is 0 Å². The molecule has 0 unspecified atom stereocenters. The van der Waals surface area contributed by atoms with Gasteiger partial charge in [0.15, 0.2) is 6.10 Å². The molecule has 0 aliphatic carbocycles. The number of hydrogen-bond donors (Lipinski definition) is 0. The van der Waals surface area contributed by atoms with E-state index in [1.165, 1.54) is 13.2 Å². The molecule has 0 saturated carbocycles. The van der Waals surface area contributed by atoms with Gasteiger partial charge < -0.3 is 18.6 Å². The fourth-order valence-electron chi connectivity index (χ4n) is 2.99. The molecule has 0 N–H and O–H groups in total. The zero-order chi connectivity index (χ0) is 22.4. The Hall–Kier alpha value is -2.90. The lowest BCUT2D eigenvalue weighted by atomic mass is 10.1. The van der Waals surface area contributed by atoms with Crippen LogP contribution in [0.3, 0.4) is 0 Å². The monoisotopic (exact) mass is 447 g/mol. The van der Waals surface area contributed by atoms with Crippen molar-refractivity contribution in [1.82, 2.24) is 4.98 Å². The van der Waals surface area contributed by atoms with Crippen LogP contribution in [0.2, 0.25) is 5.02 Å². The molecule has 1 atom stereocenters. The number of methoxy groups -OCH3 is 1. The number of benzene rings is 2. The molecule has 31 heavy (non-hydrogen) atoms. The van der Waals surface area contributed by atoms with Crippen molar-refractivity contribution in [1.29, 1.82) is 0 Å². The molecule has 0 spiro atoms. The van der Waals surface area contributed by atoms with E-state index in [4.69, 9.17) is 30.2 Å². The van der Waals surface area contributed by atoms with Crippen LogP contribution in [0.15, 0.2) is 46.9 Å². The van der Waals surface area contributed by atoms with Gasteiger partial charge in [-0.1, -0.05) is 29.8 Å². The van der Waals surface area contributed by atoms with Crippen molar-refractivity contribution in [3.8, 4) is 17.2 Å². The molecule has 0 aliphatic heterocycles. The highest BCUT2D eigenvalue weighted by molar-refractivity contribution is 6.31. The fraction of sp³-hybridized carbons (Fsp3) is 0.304. The summed E-state index contributed by atoms with van der Waals surface area (Å²) in [6.07, 6.45) is -0.442. The largest absolute Gasteiger partial charge is 0.487 e. The number of oxazole rings is 1. The Morgan fingerprint density at radius 3 is 2.71 bits per heavy atom. The van der Waals surface area contributed by atoms with E-state index in [1.807, 2.05) is 0 Å². The molecule has 0 bridgehead atoms. The highest BCUT2D eigenvalue weighted by Gasteiger charge is 2.21. The maximum atomic E-state index is 14.0. The summed E-state index contributed by atoms with van der Waals surface area (Å²) in [7, 11) is 1.32. The van der Waals surface area contributed by atoms with Crippen LogP contribution < -0.4 is 4.74 Å². The van der Waals surface area contributed by atoms with E-state index in [0.717, 1.165) is 5.56 Å². The molecule has 164 valence electrons. The SMILES string of the molecule is CCO[C@@H](Cc1ccc(OCc2nc(-c3ccccc3F)oc2C)cc1Cl)C(=O)OC. The van der Waals surface area contributed by atoms with E-state index in [1.54, 1.807) is 50.2 Å². The van der Waals surface area contributed by atoms with E-state index in [9.17, 15) is 9.18 Å². The minimum absolute atomic E-state index is 0.128. The van der Waals surface area contributed by atoms with Gasteiger partial charge in [0, 0.05) is 18.1 Å². The summed E-state index contributed by atoms with van der Waals surface area (Å²) in [6, 6.07) is 11.5. The lowest BCUT2D eigenvalue weighted by molar-refractivity contribution is -0.153. The number of ether oxygens (including phenoxy) is 3. The molecule has 6 nitrogen and oxygen atoms in total. The minimum atomic E-state index is -0.728. The molecule has 1 heterocycles. The molecule has 0 saturated heterocycles. The van der Waals surface area contributed by atoms with Gasteiger partial charge in [-0.2, -0.15) is 0 Å². The molecule has 0 fully saturated rings. The topological polar surface area (TPSA) is 70.8 Å². The molecule has 1 aromatic heterocycles. The van der Waals surface area contributed by atoms with Gasteiger partial charge in [0.1, 0.15) is 29.6 Å². The molecular weight excluding hydrogens is 425 g/mol. The maximum Gasteiger partial charge on any atom is 0.335 e. The van der Waals surface area contributed by atoms with Gasteiger partial charge in [-0.05, 0) is 43.7 Å². The van der Waals surface area contributed by atoms with Crippen LogP contribution >= 0.6 is 11.6 Å². The van der Waals surface area contributed by atoms with E-state index in [-0.39, 0.29) is 18.9 Å². The average molecular weight is 448 g/mol. The summed E-state index contributed by atoms with van der Waals surface area (Å²) in [5.74, 6) is 0.405. The van der Waals surface area contributed by atoms with E-state index in [2.05, 4.69) is 4.98 Å². The van der Waals surface area contributed by atoms with Gasteiger partial charge in [-0.25, -0.2) is 14.2 Å². The Morgan fingerprint density at radius 2 is 2.03 bits per heavy atom. The first kappa shape index (κ1) is 22.8. The van der Waals surface area contributed by atoms with Gasteiger partial charge >= 0.3 is 5.97 Å². The smallest absolute Gasteiger partial charge is 0.335 e. The summed E-state index contributed by atoms with van der Waals surface area (Å²) in [5, 5.41) is 0.440. The molecule has 0 aliphatic rings. The predicted molar refractivity (Wildman–Crippen MR) is 114 cm³/mol. The van der Waals surface area contributed by atoms with Gasteiger partial charge in [-0.3, -0.25) is 0 Å². The number of rotatable bonds is 9. The fourth-order valence-corrected chi connectivity index (χ4v) is 3.24. The lowest BCUT2D eigenvalue weighted by Crippen LogP contribution is -2.28. The Bertz CT molecular complexity index is 1050. The van der Waals surface area contributed by atoms with Gasteiger partial charge in [0.25, 0.3) is 0 Å². The number of halogens is 2. The molecule has 3 aromatic rings. The number of aromatic nitrogens is 1. The van der Waals surface area contributed by atoms with Crippen molar-refractivity contribution in [3.05, 3.63) is 70.3 Å². The van der Waals surface area contributed by atoms with Crippen molar-refractivity contribution < 1.29 is 27.8 Å². The lowest BCUT2D eigenvalue weighted by Gasteiger charge is -2.16. The zero-order valence-electron chi connectivity index (χ0n) is 17.5. The molecule has 3 rings (SSSR count). The van der Waals surface area contributed by atoms with Crippen molar-refractivity contribution >= 4 is 17.6 Å². The molecule has 8 heteroatoms. The third kappa shape index (κ3) is 5.62. The zero-order valence-corrected chi connectivity index (χ0v) is 18.2. The summed E-state index contributed by atoms with van der Waals surface area (Å²) in [4.78, 5) is 16.2. The van der Waals surface area contributed by atoms with Crippen LogP contribution in [-0.2, 0) is 27.3 Å². The molecule has 2 aromatic carbocycles. The van der Waals surface area contributed by atoms with Crippen LogP contribution in [0.4, 0.5) is 4.39 Å². The number of esters is 1. The van der Waals surface area contributed by atoms with Crippen molar-refractivity contribution in [2.45, 2.75) is 33.0 Å². The first-order valence-electron chi connectivity index (χ1n) is 9.74. The number of hydrogen-bond acceptors (Lipinski definition) is 6. The molecular formula is C23H23ClFNO5. The third-order valence-corrected chi connectivity index (χ3v) is 4.99. The Labute approximate surface area is 184 Å². The average Bonchev–Trinajstić information content (AvgIpc) is 3.13. The summed E-state index contributed by atoms with van der Waals surface area (Å²) in [5.41, 5.74) is 1.58. The van der Waals surface area contributed by atoms with Crippen molar-refractivity contribution in [3.63, 3.8) is 0 Å². The Balaban J connectivity index is 1.68. The highest BCUT2D eigenvalue weighted by atomic mass is 35.5. The van der Waals surface area contributed by atoms with Crippen LogP contribution in [0.5, 0.6) is 5.75 Å². The normalized spacial score (nSPS) is 11.9. The third-order valence-electron chi connectivity index (χ3n) is 4.63. The number of carbonyl (C=O) groups excluding carboxylic acids is 1. The summed E-state index contributed by atoms with van der Waals surface area (Å²) in [6.45, 7) is 4.05. The first-order chi connectivity index (χ1) is 14.9. The van der Waals surface area contributed by atoms with Crippen LogP contribution in [0.1, 0.15) is 23.9 Å².